The maximum absolute atomic E-state index is 12.1. The molecule has 18 heavy (non-hydrogen) atoms. The summed E-state index contributed by atoms with van der Waals surface area (Å²) in [7, 11) is 1.54. The summed E-state index contributed by atoms with van der Waals surface area (Å²) in [4.78, 5) is 12.1. The van der Waals surface area contributed by atoms with Gasteiger partial charge in [-0.2, -0.15) is 11.8 Å². The van der Waals surface area contributed by atoms with Crippen molar-refractivity contribution < 1.29 is 14.6 Å². The molecule has 2 unspecified atom stereocenters. The number of hydrogen-bond donors (Lipinski definition) is 2. The molecule has 0 bridgehead atoms. The lowest BCUT2D eigenvalue weighted by atomic mass is 10.1. The van der Waals surface area contributed by atoms with Crippen LogP contribution in [0, 0.1) is 0 Å². The molecular formula is C13H19NO3S. The third-order valence-electron chi connectivity index (χ3n) is 2.75. The number of thioether (sulfide) groups is 1. The van der Waals surface area contributed by atoms with Gasteiger partial charge in [0.05, 0.1) is 19.3 Å². The van der Waals surface area contributed by atoms with Gasteiger partial charge in [-0.05, 0) is 25.3 Å². The second-order valence-corrected chi connectivity index (χ2v) is 5.00. The normalized spacial score (nSPS) is 13.8. The highest BCUT2D eigenvalue weighted by Crippen LogP contribution is 2.18. The molecule has 1 aromatic carbocycles. The Labute approximate surface area is 112 Å². The first-order valence-corrected chi connectivity index (χ1v) is 7.00. The molecule has 4 nitrogen and oxygen atoms in total. The lowest BCUT2D eigenvalue weighted by Gasteiger charge is -2.21. The predicted molar refractivity (Wildman–Crippen MR) is 74.3 cm³/mol. The van der Waals surface area contributed by atoms with Gasteiger partial charge in [-0.15, -0.1) is 0 Å². The zero-order valence-corrected chi connectivity index (χ0v) is 11.7. The van der Waals surface area contributed by atoms with Crippen LogP contribution >= 0.6 is 11.8 Å². The Morgan fingerprint density at radius 2 is 2.17 bits per heavy atom. The van der Waals surface area contributed by atoms with Crippen molar-refractivity contribution in [3.05, 3.63) is 29.8 Å². The van der Waals surface area contributed by atoms with E-state index in [9.17, 15) is 9.90 Å². The number of carbonyl (C=O) groups excluding carboxylic acids is 1. The van der Waals surface area contributed by atoms with Gasteiger partial charge in [-0.1, -0.05) is 12.1 Å². The second-order valence-electron chi connectivity index (χ2n) is 3.92. The smallest absolute Gasteiger partial charge is 0.255 e. The predicted octanol–water partition coefficient (Wildman–Crippen LogP) is 1.54. The van der Waals surface area contributed by atoms with E-state index in [1.807, 2.05) is 19.2 Å². The fourth-order valence-corrected chi connectivity index (χ4v) is 2.27. The summed E-state index contributed by atoms with van der Waals surface area (Å²) in [5, 5.41) is 12.0. The van der Waals surface area contributed by atoms with E-state index in [0.717, 1.165) is 0 Å². The Morgan fingerprint density at radius 1 is 1.50 bits per heavy atom. The molecule has 2 atom stereocenters. The fraction of sp³-hybridized carbons (Fsp3) is 0.462. The molecule has 1 rings (SSSR count). The van der Waals surface area contributed by atoms with Crippen LogP contribution in [0.3, 0.4) is 0 Å². The molecule has 1 aromatic rings. The Bertz CT molecular complexity index is 394. The van der Waals surface area contributed by atoms with Crippen LogP contribution in [-0.4, -0.2) is 42.3 Å². The van der Waals surface area contributed by atoms with Crippen molar-refractivity contribution in [2.24, 2.45) is 0 Å². The highest BCUT2D eigenvalue weighted by Gasteiger charge is 2.19. The number of hydrogen-bond acceptors (Lipinski definition) is 4. The minimum Gasteiger partial charge on any atom is -0.496 e. The van der Waals surface area contributed by atoms with E-state index in [1.165, 1.54) is 18.9 Å². The van der Waals surface area contributed by atoms with Crippen LogP contribution in [0.25, 0.3) is 0 Å². The zero-order chi connectivity index (χ0) is 13.5. The molecule has 0 saturated heterocycles. The lowest BCUT2D eigenvalue weighted by molar-refractivity contribution is 0.0933. The Morgan fingerprint density at radius 3 is 2.72 bits per heavy atom. The van der Waals surface area contributed by atoms with Crippen molar-refractivity contribution in [2.45, 2.75) is 18.2 Å². The largest absolute Gasteiger partial charge is 0.496 e. The number of benzene rings is 1. The fourth-order valence-electron chi connectivity index (χ4n) is 1.65. The highest BCUT2D eigenvalue weighted by molar-refractivity contribution is 7.99. The number of aliphatic hydroxyl groups excluding tert-OH is 1. The third-order valence-corrected chi connectivity index (χ3v) is 3.91. The number of carbonyl (C=O) groups is 1. The molecule has 100 valence electrons. The maximum atomic E-state index is 12.1. The molecular weight excluding hydrogens is 250 g/mol. The SMILES string of the molecule is COc1ccccc1C(=O)NC(C)C(CO)SC. The van der Waals surface area contributed by atoms with Crippen LogP contribution in [0.5, 0.6) is 5.75 Å². The zero-order valence-electron chi connectivity index (χ0n) is 10.8. The van der Waals surface area contributed by atoms with Crippen LogP contribution in [-0.2, 0) is 0 Å². The van der Waals surface area contributed by atoms with Gasteiger partial charge in [0, 0.05) is 11.3 Å². The number of methoxy groups -OCH3 is 1. The van der Waals surface area contributed by atoms with Crippen LogP contribution in [0.2, 0.25) is 0 Å². The minimum absolute atomic E-state index is 0.0105. The quantitative estimate of drug-likeness (QED) is 0.822. The average molecular weight is 269 g/mol. The summed E-state index contributed by atoms with van der Waals surface area (Å²) in [6.45, 7) is 1.92. The number of rotatable bonds is 6. The number of aliphatic hydroxyl groups is 1. The summed E-state index contributed by atoms with van der Waals surface area (Å²) in [5.41, 5.74) is 0.504. The first-order chi connectivity index (χ1) is 8.63. The van der Waals surface area contributed by atoms with Crippen molar-refractivity contribution in [3.8, 4) is 5.75 Å². The van der Waals surface area contributed by atoms with Crippen molar-refractivity contribution >= 4 is 17.7 Å². The minimum atomic E-state index is -0.188. The highest BCUT2D eigenvalue weighted by atomic mass is 32.2. The van der Waals surface area contributed by atoms with Gasteiger partial charge < -0.3 is 15.2 Å². The van der Waals surface area contributed by atoms with E-state index < -0.39 is 0 Å². The molecule has 0 aliphatic carbocycles. The Hall–Kier alpha value is -1.20. The van der Waals surface area contributed by atoms with Crippen molar-refractivity contribution in [3.63, 3.8) is 0 Å². The van der Waals surface area contributed by atoms with Crippen LogP contribution < -0.4 is 10.1 Å². The van der Waals surface area contributed by atoms with E-state index in [0.29, 0.717) is 11.3 Å². The standard InChI is InChI=1S/C13H19NO3S/c1-9(12(8-15)18-3)14-13(16)10-6-4-5-7-11(10)17-2/h4-7,9,12,15H,8H2,1-3H3,(H,14,16). The molecule has 0 aliphatic rings. The van der Waals surface area contributed by atoms with Gasteiger partial charge in [-0.25, -0.2) is 0 Å². The van der Waals surface area contributed by atoms with E-state index in [4.69, 9.17) is 4.74 Å². The number of ether oxygens (including phenoxy) is 1. The van der Waals surface area contributed by atoms with Gasteiger partial charge in [0.2, 0.25) is 0 Å². The average Bonchev–Trinajstić information content (AvgIpc) is 2.40. The van der Waals surface area contributed by atoms with Crippen LogP contribution in [0.15, 0.2) is 24.3 Å². The van der Waals surface area contributed by atoms with Gasteiger partial charge >= 0.3 is 0 Å². The van der Waals surface area contributed by atoms with E-state index in [-0.39, 0.29) is 23.8 Å². The molecule has 0 spiro atoms. The van der Waals surface area contributed by atoms with E-state index in [1.54, 1.807) is 18.2 Å². The molecule has 0 saturated carbocycles. The summed E-state index contributed by atoms with van der Waals surface area (Å²) in [6, 6.07) is 6.96. The second kappa shape index (κ2) is 7.28. The molecule has 5 heteroatoms. The first-order valence-electron chi connectivity index (χ1n) is 5.71. The summed E-state index contributed by atoms with van der Waals surface area (Å²) in [6.07, 6.45) is 1.91. The third kappa shape index (κ3) is 3.65. The summed E-state index contributed by atoms with van der Waals surface area (Å²) >= 11 is 1.53. The van der Waals surface area contributed by atoms with Gasteiger partial charge in [0.25, 0.3) is 5.91 Å². The Kier molecular flexibility index (Phi) is 6.01. The van der Waals surface area contributed by atoms with Crippen molar-refractivity contribution in [2.75, 3.05) is 20.0 Å². The monoisotopic (exact) mass is 269 g/mol. The molecule has 0 fully saturated rings. The molecule has 0 radical (unpaired) electrons. The van der Waals surface area contributed by atoms with E-state index in [2.05, 4.69) is 5.32 Å². The topological polar surface area (TPSA) is 58.6 Å². The Balaban J connectivity index is 2.76. The maximum Gasteiger partial charge on any atom is 0.255 e. The molecule has 0 aliphatic heterocycles. The molecule has 0 aromatic heterocycles. The summed E-state index contributed by atoms with van der Waals surface area (Å²) in [5.74, 6) is 0.361. The summed E-state index contributed by atoms with van der Waals surface area (Å²) < 4.78 is 5.15. The van der Waals surface area contributed by atoms with Crippen molar-refractivity contribution in [1.29, 1.82) is 0 Å². The number of para-hydroxylation sites is 1. The van der Waals surface area contributed by atoms with Gasteiger partial charge in [0.15, 0.2) is 0 Å². The number of nitrogens with one attached hydrogen (secondary N) is 1. The van der Waals surface area contributed by atoms with Gasteiger partial charge in [0.1, 0.15) is 5.75 Å². The van der Waals surface area contributed by atoms with Crippen molar-refractivity contribution in [1.82, 2.24) is 5.32 Å². The lowest BCUT2D eigenvalue weighted by Crippen LogP contribution is -2.41. The first kappa shape index (κ1) is 14.9. The van der Waals surface area contributed by atoms with Gasteiger partial charge in [-0.3, -0.25) is 4.79 Å². The number of amides is 1. The van der Waals surface area contributed by atoms with Crippen LogP contribution in [0.4, 0.5) is 0 Å². The molecule has 0 heterocycles. The molecule has 2 N–H and O–H groups in total. The van der Waals surface area contributed by atoms with E-state index >= 15 is 0 Å². The molecule has 1 amide bonds. The van der Waals surface area contributed by atoms with Crippen LogP contribution in [0.1, 0.15) is 17.3 Å².